The standard InChI is InChI=1S/C10H5NO8/c12-4-18-9(14)6-1-7(10(15)19-5-13)3-8(2-6)11(16)17/h1-5H. The first-order chi connectivity index (χ1) is 8.99. The van der Waals surface area contributed by atoms with Gasteiger partial charge in [-0.3, -0.25) is 19.7 Å². The number of non-ortho nitro benzene ring substituents is 1. The molecule has 0 unspecified atom stereocenters. The van der Waals surface area contributed by atoms with Gasteiger partial charge in [0.1, 0.15) is 0 Å². The van der Waals surface area contributed by atoms with Gasteiger partial charge in [-0.1, -0.05) is 0 Å². The molecule has 9 nitrogen and oxygen atoms in total. The maximum absolute atomic E-state index is 11.3. The van der Waals surface area contributed by atoms with Gasteiger partial charge in [0.05, 0.1) is 16.1 Å². The minimum Gasteiger partial charge on any atom is -0.392 e. The van der Waals surface area contributed by atoms with Gasteiger partial charge >= 0.3 is 24.9 Å². The van der Waals surface area contributed by atoms with Crippen molar-refractivity contribution in [3.05, 3.63) is 39.4 Å². The Morgan fingerprint density at radius 1 is 1.00 bits per heavy atom. The van der Waals surface area contributed by atoms with Crippen LogP contribution in [-0.4, -0.2) is 29.8 Å². The first-order valence-corrected chi connectivity index (χ1v) is 4.58. The lowest BCUT2D eigenvalue weighted by Crippen LogP contribution is -2.09. The molecular weight excluding hydrogens is 262 g/mol. The molecule has 0 aliphatic heterocycles. The fourth-order valence-corrected chi connectivity index (χ4v) is 1.18. The number of carbonyl (C=O) groups excluding carboxylic acids is 4. The third kappa shape index (κ3) is 3.43. The first-order valence-electron chi connectivity index (χ1n) is 4.58. The lowest BCUT2D eigenvalue weighted by Gasteiger charge is -2.02. The maximum Gasteiger partial charge on any atom is 0.345 e. The van der Waals surface area contributed by atoms with E-state index in [4.69, 9.17) is 0 Å². The molecule has 0 aliphatic rings. The Balaban J connectivity index is 3.28. The highest BCUT2D eigenvalue weighted by Crippen LogP contribution is 2.18. The Kier molecular flexibility index (Phi) is 4.41. The summed E-state index contributed by atoms with van der Waals surface area (Å²) in [5.41, 5.74) is -1.41. The molecule has 9 heteroatoms. The number of carbonyl (C=O) groups is 4. The Morgan fingerprint density at radius 2 is 1.42 bits per heavy atom. The van der Waals surface area contributed by atoms with E-state index in [-0.39, 0.29) is 12.9 Å². The van der Waals surface area contributed by atoms with Crippen LogP contribution < -0.4 is 0 Å². The number of nitro benzene ring substituents is 1. The van der Waals surface area contributed by atoms with Crippen LogP contribution >= 0.6 is 0 Å². The molecule has 0 aromatic heterocycles. The highest BCUT2D eigenvalue weighted by atomic mass is 16.6. The molecule has 0 atom stereocenters. The number of esters is 2. The summed E-state index contributed by atoms with van der Waals surface area (Å²) in [7, 11) is 0. The first kappa shape index (κ1) is 14.0. The van der Waals surface area contributed by atoms with E-state index in [1.54, 1.807) is 0 Å². The van der Waals surface area contributed by atoms with Gasteiger partial charge in [-0.05, 0) is 6.07 Å². The van der Waals surface area contributed by atoms with Crippen molar-refractivity contribution < 1.29 is 33.6 Å². The van der Waals surface area contributed by atoms with Crippen molar-refractivity contribution in [3.8, 4) is 0 Å². The van der Waals surface area contributed by atoms with Crippen molar-refractivity contribution >= 4 is 30.6 Å². The Labute approximate surface area is 104 Å². The van der Waals surface area contributed by atoms with Crippen molar-refractivity contribution in [1.29, 1.82) is 0 Å². The zero-order valence-electron chi connectivity index (χ0n) is 9.10. The number of hydrogen-bond donors (Lipinski definition) is 0. The summed E-state index contributed by atoms with van der Waals surface area (Å²) >= 11 is 0. The molecule has 0 saturated carbocycles. The van der Waals surface area contributed by atoms with E-state index in [0.29, 0.717) is 0 Å². The van der Waals surface area contributed by atoms with Crippen LogP contribution in [0.3, 0.4) is 0 Å². The number of nitro groups is 1. The third-order valence-corrected chi connectivity index (χ3v) is 1.91. The van der Waals surface area contributed by atoms with E-state index in [1.165, 1.54) is 0 Å². The Morgan fingerprint density at radius 3 is 1.74 bits per heavy atom. The number of ether oxygens (including phenoxy) is 2. The molecule has 0 heterocycles. The van der Waals surface area contributed by atoms with Crippen LogP contribution in [0.4, 0.5) is 5.69 Å². The van der Waals surface area contributed by atoms with E-state index >= 15 is 0 Å². The summed E-state index contributed by atoms with van der Waals surface area (Å²) < 4.78 is 7.99. The van der Waals surface area contributed by atoms with Crippen LogP contribution in [0.15, 0.2) is 18.2 Å². The molecule has 0 spiro atoms. The number of nitrogens with zero attached hydrogens (tertiary/aromatic N) is 1. The van der Waals surface area contributed by atoms with E-state index in [9.17, 15) is 29.3 Å². The Bertz CT molecular complexity index is 524. The fraction of sp³-hybridized carbons (Fsp3) is 0. The van der Waals surface area contributed by atoms with E-state index in [1.807, 2.05) is 0 Å². The van der Waals surface area contributed by atoms with E-state index in [2.05, 4.69) is 9.47 Å². The molecule has 1 aromatic rings. The average Bonchev–Trinajstić information content (AvgIpc) is 2.38. The third-order valence-electron chi connectivity index (χ3n) is 1.91. The molecule has 0 aliphatic carbocycles. The number of hydrogen-bond acceptors (Lipinski definition) is 8. The topological polar surface area (TPSA) is 130 Å². The van der Waals surface area contributed by atoms with Crippen LogP contribution in [0.2, 0.25) is 0 Å². The predicted molar refractivity (Wildman–Crippen MR) is 56.1 cm³/mol. The second kappa shape index (κ2) is 6.00. The molecule has 0 fully saturated rings. The average molecular weight is 267 g/mol. The van der Waals surface area contributed by atoms with Gasteiger partial charge in [-0.15, -0.1) is 0 Å². The van der Waals surface area contributed by atoms with Crippen molar-refractivity contribution in [3.63, 3.8) is 0 Å². The maximum atomic E-state index is 11.3. The summed E-state index contributed by atoms with van der Waals surface area (Å²) in [6.45, 7) is -0.324. The number of rotatable bonds is 5. The zero-order valence-corrected chi connectivity index (χ0v) is 9.10. The van der Waals surface area contributed by atoms with Crippen LogP contribution in [0, 0.1) is 10.1 Å². The molecule has 98 valence electrons. The summed E-state index contributed by atoms with van der Waals surface area (Å²) in [6.07, 6.45) is 0. The predicted octanol–water partition coefficient (Wildman–Crippen LogP) is 0.221. The molecule has 19 heavy (non-hydrogen) atoms. The molecule has 0 radical (unpaired) electrons. The minimum absolute atomic E-state index is 0.162. The quantitative estimate of drug-likeness (QED) is 0.243. The molecule has 0 saturated heterocycles. The van der Waals surface area contributed by atoms with Gasteiger partial charge in [0.15, 0.2) is 0 Å². The summed E-state index contributed by atoms with van der Waals surface area (Å²) in [5.74, 6) is -2.36. The molecule has 1 aromatic carbocycles. The van der Waals surface area contributed by atoms with Crippen LogP contribution in [0.25, 0.3) is 0 Å². The van der Waals surface area contributed by atoms with Crippen LogP contribution in [0.5, 0.6) is 0 Å². The summed E-state index contributed by atoms with van der Waals surface area (Å²) in [6, 6.07) is 2.51. The second-order valence-corrected chi connectivity index (χ2v) is 3.03. The van der Waals surface area contributed by atoms with Gasteiger partial charge in [0, 0.05) is 12.1 Å². The summed E-state index contributed by atoms with van der Waals surface area (Å²) in [5, 5.41) is 10.6. The highest BCUT2D eigenvalue weighted by Gasteiger charge is 2.19. The largest absolute Gasteiger partial charge is 0.392 e. The molecule has 0 bridgehead atoms. The number of benzene rings is 1. The molecule has 1 rings (SSSR count). The van der Waals surface area contributed by atoms with Gasteiger partial charge in [0.25, 0.3) is 5.69 Å². The van der Waals surface area contributed by atoms with Crippen molar-refractivity contribution in [2.45, 2.75) is 0 Å². The van der Waals surface area contributed by atoms with Gasteiger partial charge in [0.2, 0.25) is 0 Å². The van der Waals surface area contributed by atoms with Crippen LogP contribution in [0.1, 0.15) is 20.7 Å². The lowest BCUT2D eigenvalue weighted by atomic mass is 10.1. The molecule has 0 N–H and O–H groups in total. The zero-order chi connectivity index (χ0) is 14.4. The van der Waals surface area contributed by atoms with Crippen molar-refractivity contribution in [2.24, 2.45) is 0 Å². The van der Waals surface area contributed by atoms with Crippen LogP contribution in [-0.2, 0) is 19.1 Å². The van der Waals surface area contributed by atoms with Crippen molar-refractivity contribution in [2.75, 3.05) is 0 Å². The monoisotopic (exact) mass is 267 g/mol. The summed E-state index contributed by atoms with van der Waals surface area (Å²) in [4.78, 5) is 52.3. The smallest absolute Gasteiger partial charge is 0.345 e. The fourth-order valence-electron chi connectivity index (χ4n) is 1.18. The van der Waals surface area contributed by atoms with Gasteiger partial charge in [-0.25, -0.2) is 9.59 Å². The minimum atomic E-state index is -1.18. The van der Waals surface area contributed by atoms with E-state index in [0.717, 1.165) is 18.2 Å². The lowest BCUT2D eigenvalue weighted by molar-refractivity contribution is -0.384. The second-order valence-electron chi connectivity index (χ2n) is 3.03. The van der Waals surface area contributed by atoms with Gasteiger partial charge in [-0.2, -0.15) is 0 Å². The van der Waals surface area contributed by atoms with Crippen molar-refractivity contribution in [1.82, 2.24) is 0 Å². The Hall–Kier alpha value is -3.10. The van der Waals surface area contributed by atoms with E-state index < -0.39 is 33.7 Å². The SMILES string of the molecule is O=COC(=O)c1cc(C(=O)OC=O)cc([N+](=O)[O-])c1. The molecule has 0 amide bonds. The van der Waals surface area contributed by atoms with Gasteiger partial charge < -0.3 is 9.47 Å². The highest BCUT2D eigenvalue weighted by molar-refractivity contribution is 5.99. The normalized spacial score (nSPS) is 9.26. The molecular formula is C10H5NO8.